The summed E-state index contributed by atoms with van der Waals surface area (Å²) in [7, 11) is 2.15. The molecule has 3 aliphatic rings. The number of nitriles is 1. The van der Waals surface area contributed by atoms with Crippen LogP contribution in [0.1, 0.15) is 36.1 Å². The number of anilines is 1. The van der Waals surface area contributed by atoms with Gasteiger partial charge in [-0.15, -0.1) is 0 Å². The molecule has 1 aromatic heterocycles. The second-order valence-electron chi connectivity index (χ2n) is 10.7. The van der Waals surface area contributed by atoms with E-state index in [1.54, 1.807) is 6.07 Å². The van der Waals surface area contributed by atoms with Gasteiger partial charge in [-0.2, -0.15) is 15.2 Å². The molecule has 2 unspecified atom stereocenters. The number of phenolic OH excluding ortho intramolecular Hbond substituents is 1. The molecule has 9 heteroatoms. The molecule has 0 aliphatic carbocycles. The van der Waals surface area contributed by atoms with Crippen LogP contribution < -0.4 is 15.0 Å². The summed E-state index contributed by atoms with van der Waals surface area (Å²) < 4.78 is 6.21. The lowest BCUT2D eigenvalue weighted by Crippen LogP contribution is -2.51. The maximum atomic E-state index is 10.6. The van der Waals surface area contributed by atoms with Crippen molar-refractivity contribution >= 4 is 16.6 Å². The van der Waals surface area contributed by atoms with E-state index in [-0.39, 0.29) is 6.04 Å². The zero-order valence-electron chi connectivity index (χ0n) is 21.9. The molecule has 2 N–H and O–H groups in total. The molecule has 2 aromatic carbocycles. The zero-order chi connectivity index (χ0) is 26.1. The van der Waals surface area contributed by atoms with Gasteiger partial charge in [0.05, 0.1) is 18.2 Å². The van der Waals surface area contributed by atoms with Crippen LogP contribution in [0, 0.1) is 11.3 Å². The number of benzene rings is 2. The minimum atomic E-state index is 0.118. The van der Waals surface area contributed by atoms with Crippen LogP contribution >= 0.6 is 0 Å². The molecular formula is C29H35N7O2. The van der Waals surface area contributed by atoms with Crippen LogP contribution in [0.2, 0.25) is 0 Å². The van der Waals surface area contributed by atoms with Crippen molar-refractivity contribution in [2.75, 3.05) is 44.7 Å². The molecule has 0 saturated carbocycles. The molecule has 2 saturated heterocycles. The van der Waals surface area contributed by atoms with Crippen LogP contribution in [0.15, 0.2) is 36.4 Å². The lowest BCUT2D eigenvalue weighted by atomic mass is 10.0. The van der Waals surface area contributed by atoms with Crippen molar-refractivity contribution in [3.8, 4) is 17.8 Å². The van der Waals surface area contributed by atoms with Gasteiger partial charge in [-0.1, -0.05) is 30.3 Å². The Kier molecular flexibility index (Phi) is 7.02. The van der Waals surface area contributed by atoms with Gasteiger partial charge in [-0.05, 0) is 43.5 Å². The minimum absolute atomic E-state index is 0.118. The number of aromatic hydroxyl groups is 1. The monoisotopic (exact) mass is 513 g/mol. The maximum absolute atomic E-state index is 10.6. The third-order valence-electron chi connectivity index (χ3n) is 8.14. The van der Waals surface area contributed by atoms with Gasteiger partial charge in [-0.25, -0.2) is 0 Å². The van der Waals surface area contributed by atoms with Crippen LogP contribution in [0.5, 0.6) is 11.8 Å². The van der Waals surface area contributed by atoms with Crippen LogP contribution in [0.4, 0.5) is 5.82 Å². The largest absolute Gasteiger partial charge is 0.507 e. The SMILES string of the molecule is CN1CCCC1COc1nc2c(c(N3CCNC(CC#N)C3)n1)CN(Cc1cccc3cccc(O)c13)C2. The second kappa shape index (κ2) is 10.7. The predicted molar refractivity (Wildman–Crippen MR) is 146 cm³/mol. The molecule has 0 amide bonds. The van der Waals surface area contributed by atoms with E-state index in [9.17, 15) is 10.4 Å². The van der Waals surface area contributed by atoms with E-state index in [0.717, 1.165) is 72.6 Å². The summed E-state index contributed by atoms with van der Waals surface area (Å²) in [4.78, 5) is 16.8. The average molecular weight is 514 g/mol. The molecule has 3 aromatic rings. The van der Waals surface area contributed by atoms with Crippen molar-refractivity contribution in [1.29, 1.82) is 5.26 Å². The zero-order valence-corrected chi connectivity index (χ0v) is 21.9. The van der Waals surface area contributed by atoms with Gasteiger partial charge >= 0.3 is 6.01 Å². The summed E-state index contributed by atoms with van der Waals surface area (Å²) >= 11 is 0. The number of aromatic nitrogens is 2. The van der Waals surface area contributed by atoms with Crippen molar-refractivity contribution < 1.29 is 9.84 Å². The molecule has 2 fully saturated rings. The third-order valence-corrected chi connectivity index (χ3v) is 8.14. The summed E-state index contributed by atoms with van der Waals surface area (Å²) in [6.45, 7) is 6.19. The molecule has 0 bridgehead atoms. The van der Waals surface area contributed by atoms with Gasteiger partial charge < -0.3 is 25.0 Å². The number of ether oxygens (including phenoxy) is 1. The van der Waals surface area contributed by atoms with Gasteiger partial charge in [0.25, 0.3) is 0 Å². The molecule has 38 heavy (non-hydrogen) atoms. The number of hydrogen-bond donors (Lipinski definition) is 2. The fourth-order valence-electron chi connectivity index (χ4n) is 6.11. The van der Waals surface area contributed by atoms with Crippen LogP contribution in [0.3, 0.4) is 0 Å². The maximum Gasteiger partial charge on any atom is 0.318 e. The smallest absolute Gasteiger partial charge is 0.318 e. The van der Waals surface area contributed by atoms with Gasteiger partial charge in [0.15, 0.2) is 0 Å². The lowest BCUT2D eigenvalue weighted by molar-refractivity contribution is 0.187. The van der Waals surface area contributed by atoms with E-state index < -0.39 is 0 Å². The number of phenols is 1. The molecule has 2 atom stereocenters. The number of nitrogens with zero attached hydrogens (tertiary/aromatic N) is 6. The van der Waals surface area contributed by atoms with Crippen molar-refractivity contribution in [3.63, 3.8) is 0 Å². The first kappa shape index (κ1) is 24.9. The van der Waals surface area contributed by atoms with Crippen molar-refractivity contribution in [2.24, 2.45) is 0 Å². The topological polar surface area (TPSA) is 101 Å². The minimum Gasteiger partial charge on any atom is -0.507 e. The Hall–Kier alpha value is -3.45. The van der Waals surface area contributed by atoms with E-state index in [1.807, 2.05) is 24.3 Å². The van der Waals surface area contributed by atoms with Crippen LogP contribution in [-0.4, -0.2) is 76.8 Å². The Labute approximate surface area is 223 Å². The van der Waals surface area contributed by atoms with E-state index >= 15 is 0 Å². The molecule has 6 rings (SSSR count). The van der Waals surface area contributed by atoms with Crippen molar-refractivity contribution in [1.82, 2.24) is 25.1 Å². The Balaban J connectivity index is 1.28. The van der Waals surface area contributed by atoms with E-state index in [0.29, 0.717) is 43.9 Å². The van der Waals surface area contributed by atoms with Crippen LogP contribution in [-0.2, 0) is 19.6 Å². The molecule has 198 valence electrons. The molecule has 3 aliphatic heterocycles. The first-order chi connectivity index (χ1) is 18.6. The summed E-state index contributed by atoms with van der Waals surface area (Å²) in [6, 6.07) is 15.1. The first-order valence-electron chi connectivity index (χ1n) is 13.6. The van der Waals surface area contributed by atoms with Crippen molar-refractivity contribution in [2.45, 2.75) is 51.0 Å². The highest BCUT2D eigenvalue weighted by atomic mass is 16.5. The summed E-state index contributed by atoms with van der Waals surface area (Å²) in [5.74, 6) is 1.24. The normalized spacial score (nSPS) is 22.1. The number of nitrogens with one attached hydrogen (secondary N) is 1. The molecule has 0 spiro atoms. The van der Waals surface area contributed by atoms with E-state index in [4.69, 9.17) is 14.7 Å². The second-order valence-corrected chi connectivity index (χ2v) is 10.7. The Morgan fingerprint density at radius 1 is 1.16 bits per heavy atom. The highest BCUT2D eigenvalue weighted by Crippen LogP contribution is 2.35. The molecule has 0 radical (unpaired) electrons. The van der Waals surface area contributed by atoms with E-state index in [1.165, 1.54) is 6.42 Å². The number of likely N-dealkylation sites (N-methyl/N-ethyl adjacent to an activating group) is 1. The number of rotatable bonds is 7. The molecular weight excluding hydrogens is 478 g/mol. The van der Waals surface area contributed by atoms with Crippen molar-refractivity contribution in [3.05, 3.63) is 53.2 Å². The average Bonchev–Trinajstić information content (AvgIpc) is 3.52. The summed E-state index contributed by atoms with van der Waals surface area (Å²) in [6.07, 6.45) is 2.80. The van der Waals surface area contributed by atoms with Gasteiger partial charge in [-0.3, -0.25) is 4.90 Å². The highest BCUT2D eigenvalue weighted by Gasteiger charge is 2.31. The fourth-order valence-corrected chi connectivity index (χ4v) is 6.11. The summed E-state index contributed by atoms with van der Waals surface area (Å²) in [5.41, 5.74) is 3.24. The lowest BCUT2D eigenvalue weighted by Gasteiger charge is -2.34. The fraction of sp³-hybridized carbons (Fsp3) is 0.483. The third kappa shape index (κ3) is 4.99. The molecule has 9 nitrogen and oxygen atoms in total. The number of hydrogen-bond acceptors (Lipinski definition) is 9. The van der Waals surface area contributed by atoms with Gasteiger partial charge in [0.2, 0.25) is 0 Å². The Morgan fingerprint density at radius 3 is 2.84 bits per heavy atom. The first-order valence-corrected chi connectivity index (χ1v) is 13.6. The highest BCUT2D eigenvalue weighted by molar-refractivity contribution is 5.91. The number of likely N-dealkylation sites (tertiary alicyclic amines) is 1. The van der Waals surface area contributed by atoms with Gasteiger partial charge in [0, 0.05) is 62.3 Å². The molecule has 4 heterocycles. The van der Waals surface area contributed by atoms with Gasteiger partial charge in [0.1, 0.15) is 18.2 Å². The Bertz CT molecular complexity index is 1350. The van der Waals surface area contributed by atoms with Crippen LogP contribution in [0.25, 0.3) is 10.8 Å². The quantitative estimate of drug-likeness (QED) is 0.494. The number of fused-ring (bicyclic) bond motifs is 2. The summed E-state index contributed by atoms with van der Waals surface area (Å²) in [5, 5.41) is 25.2. The Morgan fingerprint density at radius 2 is 2.03 bits per heavy atom. The predicted octanol–water partition coefficient (Wildman–Crippen LogP) is 3.02. The van der Waals surface area contributed by atoms with E-state index in [2.05, 4.69) is 39.2 Å². The number of piperazine rings is 1. The standard InChI is InChI=1S/C29H35N7O2/c1-34-13-4-8-23(34)19-38-29-32-25-18-35(15-21-7-2-5-20-6-3-9-26(37)27(20)21)17-24(25)28(33-29)36-14-12-31-22(16-36)10-11-30/h2-3,5-7,9,22-23,31,37H,4,8,10,12-19H2,1H3.